The Morgan fingerprint density at radius 1 is 1.09 bits per heavy atom. The third kappa shape index (κ3) is 4.14. The number of hydrogen-bond donors (Lipinski definition) is 1. The van der Waals surface area contributed by atoms with E-state index in [1.807, 2.05) is 31.4 Å². The van der Waals surface area contributed by atoms with Crippen molar-refractivity contribution in [2.24, 2.45) is 0 Å². The molecule has 0 aliphatic rings. The fourth-order valence-electron chi connectivity index (χ4n) is 3.87. The summed E-state index contributed by atoms with van der Waals surface area (Å²) in [7, 11) is 0. The van der Waals surface area contributed by atoms with Gasteiger partial charge in [-0.2, -0.15) is 10.2 Å². The summed E-state index contributed by atoms with van der Waals surface area (Å²) in [6, 6.07) is 14.4. The molecule has 166 valence electrons. The lowest BCUT2D eigenvalue weighted by atomic mass is 10.1. The number of fused-ring (bicyclic) bond motifs is 1. The predicted molar refractivity (Wildman–Crippen MR) is 127 cm³/mol. The van der Waals surface area contributed by atoms with Crippen LogP contribution in [0.25, 0.3) is 21.5 Å². The van der Waals surface area contributed by atoms with Crippen LogP contribution in [0.2, 0.25) is 0 Å². The van der Waals surface area contributed by atoms with E-state index in [-0.39, 0.29) is 24.8 Å². The van der Waals surface area contributed by atoms with E-state index in [0.717, 1.165) is 27.2 Å². The molecule has 0 radical (unpaired) electrons. The van der Waals surface area contributed by atoms with Crippen molar-refractivity contribution in [2.75, 3.05) is 5.32 Å². The lowest BCUT2D eigenvalue weighted by Gasteiger charge is -2.06. The fourth-order valence-corrected chi connectivity index (χ4v) is 4.62. The number of anilines is 1. The van der Waals surface area contributed by atoms with Crippen molar-refractivity contribution in [3.05, 3.63) is 82.9 Å². The summed E-state index contributed by atoms with van der Waals surface area (Å²) >= 11 is 1.65. The van der Waals surface area contributed by atoms with Crippen molar-refractivity contribution in [3.63, 3.8) is 0 Å². The lowest BCUT2D eigenvalue weighted by Crippen LogP contribution is -2.20. The quantitative estimate of drug-likeness (QED) is 0.395. The predicted octanol–water partition coefficient (Wildman–Crippen LogP) is 4.80. The van der Waals surface area contributed by atoms with Gasteiger partial charge in [-0.3, -0.25) is 9.48 Å². The Kier molecular flexibility index (Phi) is 5.47. The summed E-state index contributed by atoms with van der Waals surface area (Å²) in [6.07, 6.45) is 1.74. The first kappa shape index (κ1) is 21.0. The van der Waals surface area contributed by atoms with Gasteiger partial charge in [0.15, 0.2) is 11.5 Å². The summed E-state index contributed by atoms with van der Waals surface area (Å²) < 4.78 is 17.3. The van der Waals surface area contributed by atoms with Crippen molar-refractivity contribution < 1.29 is 9.18 Å². The molecular weight excluding hydrogens is 439 g/mol. The van der Waals surface area contributed by atoms with Gasteiger partial charge in [0.05, 0.1) is 17.6 Å². The Hall–Kier alpha value is -3.85. The minimum Gasteiger partial charge on any atom is -0.308 e. The number of aryl methyl sites for hydroxylation is 2. The largest absolute Gasteiger partial charge is 0.308 e. The SMILES string of the molecule is Cc1nn(CC(=O)Nc2cc(C)n(Cc3ccccc3F)n2)c2nccc(-c3cccs3)c12. The monoisotopic (exact) mass is 460 g/mol. The van der Waals surface area contributed by atoms with Crippen LogP contribution in [0.1, 0.15) is 17.0 Å². The summed E-state index contributed by atoms with van der Waals surface area (Å²) in [5.74, 6) is -0.138. The molecule has 4 aromatic heterocycles. The van der Waals surface area contributed by atoms with Gasteiger partial charge in [-0.25, -0.2) is 14.1 Å². The molecule has 0 aliphatic heterocycles. The van der Waals surface area contributed by atoms with E-state index < -0.39 is 0 Å². The number of benzene rings is 1. The van der Waals surface area contributed by atoms with Gasteiger partial charge in [0.1, 0.15) is 12.4 Å². The van der Waals surface area contributed by atoms with Crippen molar-refractivity contribution in [3.8, 4) is 10.4 Å². The van der Waals surface area contributed by atoms with E-state index in [1.54, 1.807) is 51.2 Å². The van der Waals surface area contributed by atoms with Crippen LogP contribution < -0.4 is 5.32 Å². The van der Waals surface area contributed by atoms with E-state index in [2.05, 4.69) is 26.6 Å². The van der Waals surface area contributed by atoms with Crippen LogP contribution in [-0.4, -0.2) is 30.5 Å². The van der Waals surface area contributed by atoms with Crippen molar-refractivity contribution in [2.45, 2.75) is 26.9 Å². The maximum Gasteiger partial charge on any atom is 0.247 e. The second-order valence-electron chi connectivity index (χ2n) is 7.75. The molecule has 0 spiro atoms. The zero-order valence-corrected chi connectivity index (χ0v) is 18.9. The van der Waals surface area contributed by atoms with Crippen LogP contribution >= 0.6 is 11.3 Å². The Balaban J connectivity index is 1.35. The Labute approximate surface area is 193 Å². The number of carbonyl (C=O) groups excluding carboxylic acids is 1. The van der Waals surface area contributed by atoms with E-state index in [0.29, 0.717) is 17.0 Å². The van der Waals surface area contributed by atoms with Crippen LogP contribution in [0.4, 0.5) is 10.2 Å². The van der Waals surface area contributed by atoms with Crippen LogP contribution in [0, 0.1) is 19.7 Å². The van der Waals surface area contributed by atoms with Gasteiger partial charge < -0.3 is 5.32 Å². The van der Waals surface area contributed by atoms with E-state index in [4.69, 9.17) is 0 Å². The summed E-state index contributed by atoms with van der Waals surface area (Å²) in [5, 5.41) is 14.8. The number of carbonyl (C=O) groups is 1. The molecule has 0 atom stereocenters. The number of hydrogen-bond acceptors (Lipinski definition) is 5. The number of rotatable bonds is 6. The molecule has 5 aromatic rings. The van der Waals surface area contributed by atoms with Crippen molar-refractivity contribution >= 4 is 34.1 Å². The molecule has 33 heavy (non-hydrogen) atoms. The molecule has 1 aromatic carbocycles. The standard InChI is InChI=1S/C24H21FN6OS/c1-15-12-21(29-30(15)13-17-6-3-4-7-19(17)25)27-22(32)14-31-24-23(16(2)28-31)18(9-10-26-24)20-8-5-11-33-20/h3-12H,13-14H2,1-2H3,(H,27,29,32). The van der Waals surface area contributed by atoms with E-state index in [9.17, 15) is 9.18 Å². The Morgan fingerprint density at radius 3 is 2.73 bits per heavy atom. The zero-order valence-electron chi connectivity index (χ0n) is 18.1. The maximum absolute atomic E-state index is 14.0. The van der Waals surface area contributed by atoms with E-state index in [1.165, 1.54) is 6.07 Å². The molecule has 0 fully saturated rings. The van der Waals surface area contributed by atoms with Crippen molar-refractivity contribution in [1.82, 2.24) is 24.5 Å². The highest BCUT2D eigenvalue weighted by atomic mass is 32.1. The summed E-state index contributed by atoms with van der Waals surface area (Å²) in [6.45, 7) is 4.07. The summed E-state index contributed by atoms with van der Waals surface area (Å²) in [5.41, 5.74) is 3.89. The van der Waals surface area contributed by atoms with Crippen LogP contribution in [0.3, 0.4) is 0 Å². The van der Waals surface area contributed by atoms with Gasteiger partial charge >= 0.3 is 0 Å². The Morgan fingerprint density at radius 2 is 1.94 bits per heavy atom. The third-order valence-corrected chi connectivity index (χ3v) is 6.32. The van der Waals surface area contributed by atoms with Crippen LogP contribution in [0.5, 0.6) is 0 Å². The normalized spacial score (nSPS) is 11.2. The van der Waals surface area contributed by atoms with Crippen LogP contribution in [-0.2, 0) is 17.9 Å². The fraction of sp³-hybridized carbons (Fsp3) is 0.167. The minimum atomic E-state index is -0.284. The highest BCUT2D eigenvalue weighted by Crippen LogP contribution is 2.32. The van der Waals surface area contributed by atoms with Crippen LogP contribution in [0.15, 0.2) is 60.1 Å². The zero-order chi connectivity index (χ0) is 22.9. The van der Waals surface area contributed by atoms with Crippen molar-refractivity contribution in [1.29, 1.82) is 0 Å². The average Bonchev–Trinajstić information content (AvgIpc) is 3.51. The maximum atomic E-state index is 14.0. The number of nitrogens with zero attached hydrogens (tertiary/aromatic N) is 5. The number of amides is 1. The number of halogens is 1. The second kappa shape index (κ2) is 8.59. The van der Waals surface area contributed by atoms with E-state index >= 15 is 0 Å². The smallest absolute Gasteiger partial charge is 0.247 e. The summed E-state index contributed by atoms with van der Waals surface area (Å²) in [4.78, 5) is 18.4. The van der Waals surface area contributed by atoms with Gasteiger partial charge in [0.2, 0.25) is 5.91 Å². The molecule has 9 heteroatoms. The molecule has 1 N–H and O–H groups in total. The topological polar surface area (TPSA) is 77.6 Å². The molecule has 0 unspecified atom stereocenters. The number of aromatic nitrogens is 5. The van der Waals surface area contributed by atoms with Gasteiger partial charge in [0, 0.05) is 34.0 Å². The lowest BCUT2D eigenvalue weighted by molar-refractivity contribution is -0.116. The first-order valence-corrected chi connectivity index (χ1v) is 11.3. The third-order valence-electron chi connectivity index (χ3n) is 5.41. The average molecular weight is 461 g/mol. The number of pyridine rings is 1. The molecule has 4 heterocycles. The van der Waals surface area contributed by atoms with Gasteiger partial charge in [-0.15, -0.1) is 11.3 Å². The number of thiophene rings is 1. The van der Waals surface area contributed by atoms with Gasteiger partial charge in [-0.05, 0) is 37.4 Å². The van der Waals surface area contributed by atoms with Gasteiger partial charge in [0.25, 0.3) is 0 Å². The highest BCUT2D eigenvalue weighted by molar-refractivity contribution is 7.13. The molecule has 1 amide bonds. The number of nitrogens with one attached hydrogen (secondary N) is 1. The molecular formula is C24H21FN6OS. The first-order chi connectivity index (χ1) is 16.0. The molecule has 0 saturated carbocycles. The molecule has 5 rings (SSSR count). The molecule has 7 nitrogen and oxygen atoms in total. The second-order valence-corrected chi connectivity index (χ2v) is 8.69. The Bertz CT molecular complexity index is 1450. The minimum absolute atomic E-state index is 0.00442. The van der Waals surface area contributed by atoms with Gasteiger partial charge in [-0.1, -0.05) is 24.3 Å². The highest BCUT2D eigenvalue weighted by Gasteiger charge is 2.17. The molecule has 0 aliphatic carbocycles. The molecule has 0 bridgehead atoms. The molecule has 0 saturated heterocycles. The first-order valence-electron chi connectivity index (χ1n) is 10.4.